The largest absolute Gasteiger partial charge is 0.364 e. The Balaban J connectivity index is 1.92. The van der Waals surface area contributed by atoms with Crippen LogP contribution in [0.15, 0.2) is 77.4 Å². The predicted molar refractivity (Wildman–Crippen MR) is 92.2 cm³/mol. The number of rotatable bonds is 5. The first-order valence-electron chi connectivity index (χ1n) is 7.21. The first-order valence-corrected chi connectivity index (χ1v) is 8.00. The van der Waals surface area contributed by atoms with Crippen LogP contribution >= 0.6 is 15.9 Å². The van der Waals surface area contributed by atoms with E-state index in [1.54, 1.807) is 0 Å². The molecule has 0 aliphatic heterocycles. The van der Waals surface area contributed by atoms with Gasteiger partial charge in [-0.05, 0) is 29.8 Å². The summed E-state index contributed by atoms with van der Waals surface area (Å²) >= 11 is 3.51. The van der Waals surface area contributed by atoms with E-state index in [0.717, 1.165) is 21.3 Å². The smallest absolute Gasteiger partial charge is 0.163 e. The summed E-state index contributed by atoms with van der Waals surface area (Å²) in [6.07, 6.45) is 2.34. The lowest BCUT2D eigenvalue weighted by Crippen LogP contribution is -2.09. The molecule has 0 saturated heterocycles. The molecule has 0 amide bonds. The Morgan fingerprint density at radius 3 is 2.50 bits per heavy atom. The minimum Gasteiger partial charge on any atom is -0.364 e. The summed E-state index contributed by atoms with van der Waals surface area (Å²) in [6, 6.07) is 21.6. The second-order valence-electron chi connectivity index (χ2n) is 5.23. The van der Waals surface area contributed by atoms with Crippen molar-refractivity contribution in [2.45, 2.75) is 12.3 Å². The molecule has 0 aliphatic carbocycles. The van der Waals surface area contributed by atoms with Crippen LogP contribution in [0.25, 0.3) is 0 Å². The number of nitrogens with one attached hydrogen (secondary N) is 1. The fraction of sp³-hybridized carbons (Fsp3) is 0.105. The van der Waals surface area contributed by atoms with Crippen molar-refractivity contribution in [2.24, 2.45) is 0 Å². The molecular weight excluding hydrogens is 338 g/mol. The number of carbonyl (C=O) groups is 1. The van der Waals surface area contributed by atoms with Crippen LogP contribution in [-0.4, -0.2) is 10.8 Å². The van der Waals surface area contributed by atoms with Gasteiger partial charge in [0.15, 0.2) is 5.78 Å². The highest BCUT2D eigenvalue weighted by atomic mass is 79.9. The molecule has 2 nitrogen and oxygen atoms in total. The van der Waals surface area contributed by atoms with Crippen molar-refractivity contribution in [1.82, 2.24) is 4.98 Å². The summed E-state index contributed by atoms with van der Waals surface area (Å²) in [5.41, 5.74) is 2.94. The molecule has 0 unspecified atom stereocenters. The molecule has 0 spiro atoms. The Morgan fingerprint density at radius 1 is 1.00 bits per heavy atom. The maximum Gasteiger partial charge on any atom is 0.163 e. The van der Waals surface area contributed by atoms with Gasteiger partial charge in [0.1, 0.15) is 0 Å². The molecule has 0 fully saturated rings. The van der Waals surface area contributed by atoms with Gasteiger partial charge < -0.3 is 4.98 Å². The van der Waals surface area contributed by atoms with Crippen molar-refractivity contribution in [3.63, 3.8) is 0 Å². The Labute approximate surface area is 138 Å². The van der Waals surface area contributed by atoms with Crippen LogP contribution in [0.1, 0.15) is 34.0 Å². The second kappa shape index (κ2) is 6.75. The van der Waals surface area contributed by atoms with E-state index in [0.29, 0.717) is 6.42 Å². The van der Waals surface area contributed by atoms with E-state index in [9.17, 15) is 4.79 Å². The van der Waals surface area contributed by atoms with Gasteiger partial charge in [0.2, 0.25) is 0 Å². The third-order valence-corrected chi connectivity index (χ3v) is 4.23. The number of aromatic nitrogens is 1. The van der Waals surface area contributed by atoms with Gasteiger partial charge in [-0.2, -0.15) is 0 Å². The van der Waals surface area contributed by atoms with Crippen LogP contribution in [0.5, 0.6) is 0 Å². The zero-order valence-electron chi connectivity index (χ0n) is 12.0. The monoisotopic (exact) mass is 353 g/mol. The molecule has 3 aromatic rings. The Morgan fingerprint density at radius 2 is 1.82 bits per heavy atom. The van der Waals surface area contributed by atoms with Gasteiger partial charge in [-0.1, -0.05) is 58.4 Å². The number of H-pyrrole nitrogens is 1. The van der Waals surface area contributed by atoms with E-state index < -0.39 is 0 Å². The number of ketones is 1. The molecule has 110 valence electrons. The van der Waals surface area contributed by atoms with Crippen molar-refractivity contribution in [3.05, 3.63) is 94.2 Å². The highest BCUT2D eigenvalue weighted by molar-refractivity contribution is 9.10. The van der Waals surface area contributed by atoms with Gasteiger partial charge in [-0.15, -0.1) is 0 Å². The summed E-state index contributed by atoms with van der Waals surface area (Å²) in [6.45, 7) is 0. The molecule has 0 bridgehead atoms. The number of benzene rings is 2. The molecule has 3 rings (SSSR count). The van der Waals surface area contributed by atoms with Gasteiger partial charge in [0.25, 0.3) is 0 Å². The van der Waals surface area contributed by atoms with Gasteiger partial charge in [-0.3, -0.25) is 4.79 Å². The normalized spacial score (nSPS) is 12.0. The van der Waals surface area contributed by atoms with Gasteiger partial charge in [-0.25, -0.2) is 0 Å². The Hall–Kier alpha value is -2.13. The number of hydrogen-bond acceptors (Lipinski definition) is 1. The summed E-state index contributed by atoms with van der Waals surface area (Å²) in [5.74, 6) is 0.181. The van der Waals surface area contributed by atoms with Crippen molar-refractivity contribution in [2.75, 3.05) is 0 Å². The molecule has 0 saturated carbocycles. The zero-order valence-corrected chi connectivity index (χ0v) is 13.6. The lowest BCUT2D eigenvalue weighted by molar-refractivity contribution is 0.0977. The molecule has 1 aromatic heterocycles. The molecule has 22 heavy (non-hydrogen) atoms. The number of hydrogen-bond donors (Lipinski definition) is 1. The first-order chi connectivity index (χ1) is 10.7. The zero-order chi connectivity index (χ0) is 15.4. The fourth-order valence-electron chi connectivity index (χ4n) is 2.62. The molecule has 1 N–H and O–H groups in total. The quantitative estimate of drug-likeness (QED) is 0.629. The number of halogens is 1. The maximum absolute atomic E-state index is 12.6. The average molecular weight is 354 g/mol. The third-order valence-electron chi connectivity index (χ3n) is 3.73. The molecule has 1 atom stereocenters. The molecule has 2 aromatic carbocycles. The lowest BCUT2D eigenvalue weighted by atomic mass is 9.89. The molecule has 0 aliphatic rings. The van der Waals surface area contributed by atoms with E-state index in [2.05, 4.69) is 33.0 Å². The Kier molecular flexibility index (Phi) is 4.54. The SMILES string of the molecule is O=C(C[C@@H](c1cccc(Br)c1)c1ccc[nH]1)c1ccccc1. The molecule has 3 heteroatoms. The fourth-order valence-corrected chi connectivity index (χ4v) is 3.04. The minimum atomic E-state index is 0.0280. The summed E-state index contributed by atoms with van der Waals surface area (Å²) in [7, 11) is 0. The molecule has 1 heterocycles. The standard InChI is InChI=1S/C19H16BrNO/c20-16-9-4-8-15(12-16)17(18-10-5-11-21-18)13-19(22)14-6-2-1-3-7-14/h1-12,17,21H,13H2/t17-/m0/s1. The van der Waals surface area contributed by atoms with Crippen molar-refractivity contribution in [3.8, 4) is 0 Å². The summed E-state index contributed by atoms with van der Waals surface area (Å²) in [4.78, 5) is 15.8. The van der Waals surface area contributed by atoms with E-state index in [4.69, 9.17) is 0 Å². The van der Waals surface area contributed by atoms with Crippen molar-refractivity contribution in [1.29, 1.82) is 0 Å². The Bertz CT molecular complexity index is 750. The number of aromatic amines is 1. The van der Waals surface area contributed by atoms with Crippen LogP contribution in [-0.2, 0) is 0 Å². The first kappa shape index (κ1) is 14.8. The van der Waals surface area contributed by atoms with Crippen LogP contribution < -0.4 is 0 Å². The van der Waals surface area contributed by atoms with E-state index in [-0.39, 0.29) is 11.7 Å². The topological polar surface area (TPSA) is 32.9 Å². The lowest BCUT2D eigenvalue weighted by Gasteiger charge is -2.16. The van der Waals surface area contributed by atoms with Crippen LogP contribution in [0.2, 0.25) is 0 Å². The summed E-state index contributed by atoms with van der Waals surface area (Å²) < 4.78 is 1.02. The van der Waals surface area contributed by atoms with Gasteiger partial charge in [0, 0.05) is 34.3 Å². The average Bonchev–Trinajstić information content (AvgIpc) is 3.07. The van der Waals surface area contributed by atoms with E-state index in [1.165, 1.54) is 0 Å². The van der Waals surface area contributed by atoms with Crippen LogP contribution in [0.3, 0.4) is 0 Å². The highest BCUT2D eigenvalue weighted by Crippen LogP contribution is 2.30. The van der Waals surface area contributed by atoms with Crippen molar-refractivity contribution >= 4 is 21.7 Å². The molecule has 0 radical (unpaired) electrons. The number of carbonyl (C=O) groups excluding carboxylic acids is 1. The third kappa shape index (κ3) is 3.37. The number of Topliss-reactive ketones (excluding diaryl/α,β-unsaturated/α-hetero) is 1. The minimum absolute atomic E-state index is 0.0280. The second-order valence-corrected chi connectivity index (χ2v) is 6.14. The van der Waals surface area contributed by atoms with Crippen molar-refractivity contribution < 1.29 is 4.79 Å². The molecular formula is C19H16BrNO. The van der Waals surface area contributed by atoms with E-state index >= 15 is 0 Å². The predicted octanol–water partition coefficient (Wildman–Crippen LogP) is 5.18. The van der Waals surface area contributed by atoms with E-state index in [1.807, 2.05) is 60.8 Å². The maximum atomic E-state index is 12.6. The highest BCUT2D eigenvalue weighted by Gasteiger charge is 2.20. The van der Waals surface area contributed by atoms with Crippen LogP contribution in [0, 0.1) is 0 Å². The van der Waals surface area contributed by atoms with Gasteiger partial charge >= 0.3 is 0 Å². The summed E-state index contributed by atoms with van der Waals surface area (Å²) in [5, 5.41) is 0. The van der Waals surface area contributed by atoms with Gasteiger partial charge in [0.05, 0.1) is 0 Å². The van der Waals surface area contributed by atoms with Crippen LogP contribution in [0.4, 0.5) is 0 Å².